The van der Waals surface area contributed by atoms with E-state index < -0.39 is 0 Å². The molecule has 33 heavy (non-hydrogen) atoms. The maximum absolute atomic E-state index is 13.6. The normalized spacial score (nSPS) is 10.8. The van der Waals surface area contributed by atoms with Crippen LogP contribution in [0.15, 0.2) is 106 Å². The van der Waals surface area contributed by atoms with Gasteiger partial charge in [0.05, 0.1) is 5.39 Å². The Morgan fingerprint density at radius 2 is 1.21 bits per heavy atom. The molecule has 0 saturated carbocycles. The van der Waals surface area contributed by atoms with Crippen LogP contribution in [0.4, 0.5) is 11.4 Å². The third-order valence-electron chi connectivity index (χ3n) is 5.07. The van der Waals surface area contributed by atoms with Crippen LogP contribution in [0.5, 0.6) is 23.0 Å². The molecule has 0 amide bonds. The monoisotopic (exact) mass is 436 g/mol. The molecule has 5 aromatic rings. The summed E-state index contributed by atoms with van der Waals surface area (Å²) in [5.74, 6) is 2.00. The lowest BCUT2D eigenvalue weighted by Gasteiger charge is -2.12. The third-order valence-corrected chi connectivity index (χ3v) is 5.07. The van der Waals surface area contributed by atoms with Gasteiger partial charge in [0.15, 0.2) is 5.76 Å². The van der Waals surface area contributed by atoms with Gasteiger partial charge in [0.25, 0.3) is 0 Å². The lowest BCUT2D eigenvalue weighted by Crippen LogP contribution is -2.07. The number of hydrogen-bond acceptors (Lipinski definition) is 6. The highest BCUT2D eigenvalue weighted by Gasteiger charge is 2.19. The van der Waals surface area contributed by atoms with E-state index in [0.717, 1.165) is 5.56 Å². The SMILES string of the molecule is Nc1ccc(Oc2ccc3oc(-c4ccccc4)c(Oc4ccc(N)cc4)c(=O)c3c2)cc1. The Balaban J connectivity index is 1.63. The van der Waals surface area contributed by atoms with Gasteiger partial charge in [-0.25, -0.2) is 0 Å². The number of fused-ring (bicyclic) bond motifs is 1. The van der Waals surface area contributed by atoms with Crippen molar-refractivity contribution in [1.82, 2.24) is 0 Å². The molecule has 0 aliphatic heterocycles. The molecule has 0 bridgehead atoms. The first-order valence-electron chi connectivity index (χ1n) is 10.3. The van der Waals surface area contributed by atoms with E-state index in [1.165, 1.54) is 0 Å². The first-order valence-corrected chi connectivity index (χ1v) is 10.3. The van der Waals surface area contributed by atoms with E-state index in [1.54, 1.807) is 66.7 Å². The van der Waals surface area contributed by atoms with Crippen molar-refractivity contribution < 1.29 is 13.9 Å². The second-order valence-electron chi connectivity index (χ2n) is 7.46. The molecule has 6 nitrogen and oxygen atoms in total. The van der Waals surface area contributed by atoms with E-state index >= 15 is 0 Å². The molecule has 1 heterocycles. The summed E-state index contributed by atoms with van der Waals surface area (Å²) < 4.78 is 18.1. The molecule has 162 valence electrons. The van der Waals surface area contributed by atoms with Crippen molar-refractivity contribution in [3.8, 4) is 34.3 Å². The molecular formula is C27H20N2O4. The topological polar surface area (TPSA) is 101 Å². The average molecular weight is 436 g/mol. The lowest BCUT2D eigenvalue weighted by molar-refractivity contribution is 0.457. The summed E-state index contributed by atoms with van der Waals surface area (Å²) in [5, 5.41) is 0.341. The van der Waals surface area contributed by atoms with Crippen molar-refractivity contribution in [3.63, 3.8) is 0 Å². The average Bonchev–Trinajstić information content (AvgIpc) is 2.84. The highest BCUT2D eigenvalue weighted by molar-refractivity contribution is 5.83. The highest BCUT2D eigenvalue weighted by Crippen LogP contribution is 2.35. The van der Waals surface area contributed by atoms with Crippen molar-refractivity contribution in [1.29, 1.82) is 0 Å². The molecule has 4 N–H and O–H groups in total. The van der Waals surface area contributed by atoms with Crippen LogP contribution in [0.25, 0.3) is 22.3 Å². The van der Waals surface area contributed by atoms with Gasteiger partial charge in [-0.1, -0.05) is 30.3 Å². The Morgan fingerprint density at radius 3 is 1.85 bits per heavy atom. The van der Waals surface area contributed by atoms with Gasteiger partial charge in [-0.3, -0.25) is 4.79 Å². The number of nitrogens with two attached hydrogens (primary N) is 2. The van der Waals surface area contributed by atoms with Gasteiger partial charge in [-0.2, -0.15) is 0 Å². The first kappa shape index (κ1) is 20.2. The van der Waals surface area contributed by atoms with E-state index in [0.29, 0.717) is 45.4 Å². The minimum absolute atomic E-state index is 0.0862. The molecule has 5 rings (SSSR count). The fraction of sp³-hybridized carbons (Fsp3) is 0. The zero-order valence-electron chi connectivity index (χ0n) is 17.5. The second-order valence-corrected chi connectivity index (χ2v) is 7.46. The maximum Gasteiger partial charge on any atom is 0.236 e. The van der Waals surface area contributed by atoms with Gasteiger partial charge >= 0.3 is 0 Å². The summed E-state index contributed by atoms with van der Waals surface area (Å²) in [6, 6.07) is 28.3. The van der Waals surface area contributed by atoms with E-state index in [9.17, 15) is 4.79 Å². The van der Waals surface area contributed by atoms with Crippen LogP contribution in [0, 0.1) is 0 Å². The van der Waals surface area contributed by atoms with Crippen molar-refractivity contribution in [2.24, 2.45) is 0 Å². The summed E-state index contributed by atoms with van der Waals surface area (Å²) >= 11 is 0. The molecule has 0 spiro atoms. The number of ether oxygens (including phenoxy) is 2. The molecule has 0 saturated heterocycles. The predicted molar refractivity (Wildman–Crippen MR) is 130 cm³/mol. The smallest absolute Gasteiger partial charge is 0.236 e. The second kappa shape index (κ2) is 8.43. The van der Waals surface area contributed by atoms with Gasteiger partial charge < -0.3 is 25.4 Å². The largest absolute Gasteiger partial charge is 0.457 e. The molecule has 0 fully saturated rings. The van der Waals surface area contributed by atoms with Gasteiger partial charge in [0, 0.05) is 16.9 Å². The molecule has 0 aliphatic rings. The Labute approximate surface area is 189 Å². The molecule has 1 aromatic heterocycles. The third kappa shape index (κ3) is 4.22. The van der Waals surface area contributed by atoms with Crippen molar-refractivity contribution in [2.45, 2.75) is 0 Å². The zero-order chi connectivity index (χ0) is 22.8. The van der Waals surface area contributed by atoms with Crippen molar-refractivity contribution >= 4 is 22.3 Å². The lowest BCUT2D eigenvalue weighted by atomic mass is 10.1. The number of rotatable bonds is 5. The Hall–Kier alpha value is -4.71. The van der Waals surface area contributed by atoms with E-state index in [1.807, 2.05) is 30.3 Å². The number of nitrogen functional groups attached to an aromatic ring is 2. The van der Waals surface area contributed by atoms with Gasteiger partial charge in [-0.05, 0) is 66.7 Å². The van der Waals surface area contributed by atoms with Crippen LogP contribution in [0.1, 0.15) is 0 Å². The fourth-order valence-corrected chi connectivity index (χ4v) is 3.42. The molecule has 4 aromatic carbocycles. The standard InChI is InChI=1S/C27H20N2O4/c28-18-6-10-20(11-7-18)31-22-14-15-24-23(16-22)25(30)27(32-21-12-8-19(29)9-13-21)26(33-24)17-4-2-1-3-5-17/h1-16H,28-29H2. The van der Waals surface area contributed by atoms with Crippen molar-refractivity contribution in [3.05, 3.63) is 107 Å². The molecule has 0 radical (unpaired) electrons. The van der Waals surface area contributed by atoms with Gasteiger partial charge in [-0.15, -0.1) is 0 Å². The summed E-state index contributed by atoms with van der Waals surface area (Å²) in [4.78, 5) is 13.6. The van der Waals surface area contributed by atoms with Crippen LogP contribution < -0.4 is 26.4 Å². The number of hydrogen-bond donors (Lipinski definition) is 2. The highest BCUT2D eigenvalue weighted by atomic mass is 16.5. The quantitative estimate of drug-likeness (QED) is 0.318. The van der Waals surface area contributed by atoms with Gasteiger partial charge in [0.2, 0.25) is 11.2 Å². The Kier molecular flexibility index (Phi) is 5.16. The fourth-order valence-electron chi connectivity index (χ4n) is 3.42. The summed E-state index contributed by atoms with van der Waals surface area (Å²) in [6.07, 6.45) is 0. The minimum atomic E-state index is -0.310. The van der Waals surface area contributed by atoms with Crippen LogP contribution in [0.2, 0.25) is 0 Å². The number of benzene rings is 4. The Bertz CT molecular complexity index is 1480. The minimum Gasteiger partial charge on any atom is -0.457 e. The summed E-state index contributed by atoms with van der Waals surface area (Å²) in [5.41, 5.74) is 13.6. The molecule has 0 aliphatic carbocycles. The predicted octanol–water partition coefficient (Wildman–Crippen LogP) is 6.21. The van der Waals surface area contributed by atoms with Crippen LogP contribution in [0.3, 0.4) is 0 Å². The molecule has 6 heteroatoms. The van der Waals surface area contributed by atoms with Crippen LogP contribution >= 0.6 is 0 Å². The molecule has 0 atom stereocenters. The molecule has 0 unspecified atom stereocenters. The zero-order valence-corrected chi connectivity index (χ0v) is 17.5. The maximum atomic E-state index is 13.6. The molecular weight excluding hydrogens is 416 g/mol. The van der Waals surface area contributed by atoms with Crippen molar-refractivity contribution in [2.75, 3.05) is 11.5 Å². The summed E-state index contributed by atoms with van der Waals surface area (Å²) in [6.45, 7) is 0. The van der Waals surface area contributed by atoms with E-state index in [-0.39, 0.29) is 11.2 Å². The number of anilines is 2. The van der Waals surface area contributed by atoms with Gasteiger partial charge in [0.1, 0.15) is 22.8 Å². The van der Waals surface area contributed by atoms with E-state index in [2.05, 4.69) is 0 Å². The summed E-state index contributed by atoms with van der Waals surface area (Å²) in [7, 11) is 0. The first-order chi connectivity index (χ1) is 16.1. The van der Waals surface area contributed by atoms with Crippen LogP contribution in [-0.2, 0) is 0 Å². The Morgan fingerprint density at radius 1 is 0.636 bits per heavy atom. The van der Waals surface area contributed by atoms with E-state index in [4.69, 9.17) is 25.4 Å². The van der Waals surface area contributed by atoms with Crippen LogP contribution in [-0.4, -0.2) is 0 Å².